The van der Waals surface area contributed by atoms with E-state index in [1.807, 2.05) is 19.1 Å². The number of aryl methyl sites for hydroxylation is 1. The van der Waals surface area contributed by atoms with E-state index in [2.05, 4.69) is 0 Å². The van der Waals surface area contributed by atoms with E-state index in [0.29, 0.717) is 6.54 Å². The zero-order valence-corrected chi connectivity index (χ0v) is 12.2. The summed E-state index contributed by atoms with van der Waals surface area (Å²) in [6.07, 6.45) is 0.839. The Labute approximate surface area is 123 Å². The molecule has 2 aromatic rings. The van der Waals surface area contributed by atoms with Gasteiger partial charge < -0.3 is 9.32 Å². The molecule has 3 nitrogen and oxygen atoms in total. The van der Waals surface area contributed by atoms with E-state index in [1.54, 1.807) is 24.1 Å². The van der Waals surface area contributed by atoms with Crippen molar-refractivity contribution in [2.75, 3.05) is 7.05 Å². The van der Waals surface area contributed by atoms with Crippen LogP contribution in [0.3, 0.4) is 0 Å². The Morgan fingerprint density at radius 2 is 2.00 bits per heavy atom. The quantitative estimate of drug-likeness (QED) is 0.862. The molecule has 2 atom stereocenters. The minimum atomic E-state index is -0.243. The topological polar surface area (TPSA) is 33.5 Å². The molecule has 0 saturated heterocycles. The van der Waals surface area contributed by atoms with E-state index < -0.39 is 0 Å². The Hall–Kier alpha value is -2.10. The van der Waals surface area contributed by atoms with Gasteiger partial charge in [-0.25, -0.2) is 4.39 Å². The lowest BCUT2D eigenvalue weighted by molar-refractivity contribution is -0.132. The summed E-state index contributed by atoms with van der Waals surface area (Å²) in [7, 11) is 1.79. The Kier molecular flexibility index (Phi) is 3.53. The third-order valence-corrected chi connectivity index (χ3v) is 3.97. The Morgan fingerprint density at radius 1 is 1.29 bits per heavy atom. The zero-order valence-electron chi connectivity index (χ0n) is 12.2. The summed E-state index contributed by atoms with van der Waals surface area (Å²) in [5.74, 6) is 1.75. The van der Waals surface area contributed by atoms with Crippen LogP contribution in [0.25, 0.3) is 0 Å². The molecule has 1 aromatic carbocycles. The molecule has 21 heavy (non-hydrogen) atoms. The average molecular weight is 287 g/mol. The number of benzene rings is 1. The predicted octanol–water partition coefficient (Wildman–Crippen LogP) is 3.49. The Bertz CT molecular complexity index is 647. The molecular formula is C17H18FNO2. The first-order chi connectivity index (χ1) is 10.0. The van der Waals surface area contributed by atoms with Gasteiger partial charge in [0.25, 0.3) is 0 Å². The summed E-state index contributed by atoms with van der Waals surface area (Å²) < 4.78 is 18.4. The second-order valence-electron chi connectivity index (χ2n) is 5.71. The first-order valence-electron chi connectivity index (χ1n) is 7.10. The molecule has 1 heterocycles. The Balaban J connectivity index is 1.60. The maximum absolute atomic E-state index is 12.9. The molecule has 110 valence electrons. The lowest BCUT2D eigenvalue weighted by atomic mass is 10.1. The SMILES string of the molecule is Cc1ccc(CN(C)C(=O)C2CC2c2ccc(F)cc2)o1. The lowest BCUT2D eigenvalue weighted by Crippen LogP contribution is -2.27. The van der Waals surface area contributed by atoms with Gasteiger partial charge in [0.05, 0.1) is 6.54 Å². The molecule has 0 N–H and O–H groups in total. The largest absolute Gasteiger partial charge is 0.464 e. The van der Waals surface area contributed by atoms with Crippen molar-refractivity contribution in [1.82, 2.24) is 4.90 Å². The first kappa shape index (κ1) is 13.9. The van der Waals surface area contributed by atoms with Crippen LogP contribution in [0.2, 0.25) is 0 Å². The third kappa shape index (κ3) is 2.99. The number of rotatable bonds is 4. The van der Waals surface area contributed by atoms with Crippen LogP contribution in [0.15, 0.2) is 40.8 Å². The third-order valence-electron chi connectivity index (χ3n) is 3.97. The van der Waals surface area contributed by atoms with Crippen LogP contribution in [0.1, 0.15) is 29.4 Å². The van der Waals surface area contributed by atoms with Crippen LogP contribution in [0, 0.1) is 18.7 Å². The zero-order chi connectivity index (χ0) is 15.0. The molecule has 1 fully saturated rings. The molecule has 3 rings (SSSR count). The second kappa shape index (κ2) is 5.35. The van der Waals surface area contributed by atoms with E-state index in [1.165, 1.54) is 12.1 Å². The molecule has 0 bridgehead atoms. The van der Waals surface area contributed by atoms with Gasteiger partial charge in [0.15, 0.2) is 0 Å². The molecule has 1 aromatic heterocycles. The van der Waals surface area contributed by atoms with Crippen LogP contribution < -0.4 is 0 Å². The van der Waals surface area contributed by atoms with Gasteiger partial charge in [-0.15, -0.1) is 0 Å². The number of hydrogen-bond donors (Lipinski definition) is 0. The maximum atomic E-state index is 12.9. The Morgan fingerprint density at radius 3 is 2.62 bits per heavy atom. The fourth-order valence-corrected chi connectivity index (χ4v) is 2.71. The van der Waals surface area contributed by atoms with Crippen LogP contribution in [0.5, 0.6) is 0 Å². The molecule has 4 heteroatoms. The molecule has 1 aliphatic carbocycles. The van der Waals surface area contributed by atoms with Crippen LogP contribution >= 0.6 is 0 Å². The van der Waals surface area contributed by atoms with Crippen molar-refractivity contribution in [2.24, 2.45) is 5.92 Å². The van der Waals surface area contributed by atoms with Crippen LogP contribution in [0.4, 0.5) is 4.39 Å². The van der Waals surface area contributed by atoms with Crippen LogP contribution in [-0.4, -0.2) is 17.9 Å². The molecule has 0 spiro atoms. The van der Waals surface area contributed by atoms with Crippen molar-refractivity contribution < 1.29 is 13.6 Å². The van der Waals surface area contributed by atoms with Crippen molar-refractivity contribution in [1.29, 1.82) is 0 Å². The summed E-state index contributed by atoms with van der Waals surface area (Å²) in [4.78, 5) is 14.1. The fourth-order valence-electron chi connectivity index (χ4n) is 2.71. The highest BCUT2D eigenvalue weighted by Gasteiger charge is 2.45. The number of halogens is 1. The molecule has 0 radical (unpaired) electrons. The van der Waals surface area contributed by atoms with E-state index in [0.717, 1.165) is 23.5 Å². The monoisotopic (exact) mass is 287 g/mol. The van der Waals surface area contributed by atoms with Crippen molar-refractivity contribution in [2.45, 2.75) is 25.8 Å². The lowest BCUT2D eigenvalue weighted by Gasteiger charge is -2.15. The average Bonchev–Trinajstić information content (AvgIpc) is 3.15. The van der Waals surface area contributed by atoms with Gasteiger partial charge in [-0.05, 0) is 49.1 Å². The maximum Gasteiger partial charge on any atom is 0.226 e. The molecular weight excluding hydrogens is 269 g/mol. The van der Waals surface area contributed by atoms with E-state index in [-0.39, 0.29) is 23.6 Å². The molecule has 1 saturated carbocycles. The predicted molar refractivity (Wildman–Crippen MR) is 77.2 cm³/mol. The fraction of sp³-hybridized carbons (Fsp3) is 0.353. The van der Waals surface area contributed by atoms with Crippen molar-refractivity contribution in [3.8, 4) is 0 Å². The highest BCUT2D eigenvalue weighted by molar-refractivity contribution is 5.82. The van der Waals surface area contributed by atoms with Crippen molar-refractivity contribution in [3.05, 3.63) is 59.3 Å². The molecule has 2 unspecified atom stereocenters. The minimum Gasteiger partial charge on any atom is -0.464 e. The number of amides is 1. The molecule has 1 amide bonds. The highest BCUT2D eigenvalue weighted by Crippen LogP contribution is 2.48. The molecule has 1 aliphatic rings. The molecule has 0 aliphatic heterocycles. The van der Waals surface area contributed by atoms with Crippen molar-refractivity contribution >= 4 is 5.91 Å². The first-order valence-corrected chi connectivity index (χ1v) is 7.10. The van der Waals surface area contributed by atoms with E-state index in [4.69, 9.17) is 4.42 Å². The summed E-state index contributed by atoms with van der Waals surface area (Å²) >= 11 is 0. The van der Waals surface area contributed by atoms with Gasteiger partial charge in [0, 0.05) is 13.0 Å². The van der Waals surface area contributed by atoms with Gasteiger partial charge >= 0.3 is 0 Å². The van der Waals surface area contributed by atoms with E-state index >= 15 is 0 Å². The van der Waals surface area contributed by atoms with Gasteiger partial charge in [-0.1, -0.05) is 12.1 Å². The standard InChI is InChI=1S/C17H18FNO2/c1-11-3-8-14(21-11)10-19(2)17(20)16-9-15(16)12-4-6-13(18)7-5-12/h3-8,15-16H,9-10H2,1-2H3. The summed E-state index contributed by atoms with van der Waals surface area (Å²) in [6.45, 7) is 2.37. The van der Waals surface area contributed by atoms with Crippen LogP contribution in [-0.2, 0) is 11.3 Å². The second-order valence-corrected chi connectivity index (χ2v) is 5.71. The van der Waals surface area contributed by atoms with Gasteiger partial charge in [-0.3, -0.25) is 4.79 Å². The smallest absolute Gasteiger partial charge is 0.226 e. The van der Waals surface area contributed by atoms with Gasteiger partial charge in [0.1, 0.15) is 17.3 Å². The normalized spacial score (nSPS) is 20.3. The minimum absolute atomic E-state index is 0.0107. The van der Waals surface area contributed by atoms with Gasteiger partial charge in [-0.2, -0.15) is 0 Å². The summed E-state index contributed by atoms with van der Waals surface area (Å²) in [6, 6.07) is 10.2. The van der Waals surface area contributed by atoms with E-state index in [9.17, 15) is 9.18 Å². The number of carbonyl (C=O) groups excluding carboxylic acids is 1. The summed E-state index contributed by atoms with van der Waals surface area (Å²) in [5.41, 5.74) is 1.04. The highest BCUT2D eigenvalue weighted by atomic mass is 19.1. The number of nitrogens with zero attached hydrogens (tertiary/aromatic N) is 1. The number of hydrogen-bond acceptors (Lipinski definition) is 2. The number of carbonyl (C=O) groups is 1. The number of furan rings is 1. The van der Waals surface area contributed by atoms with Gasteiger partial charge in [0.2, 0.25) is 5.91 Å². The van der Waals surface area contributed by atoms with Crippen molar-refractivity contribution in [3.63, 3.8) is 0 Å². The summed E-state index contributed by atoms with van der Waals surface area (Å²) in [5, 5.41) is 0.